The zero-order chi connectivity index (χ0) is 18.0. The van der Waals surface area contributed by atoms with Crippen molar-refractivity contribution >= 4 is 21.4 Å². The Bertz CT molecular complexity index is 1010. The van der Waals surface area contributed by atoms with Crippen LogP contribution >= 0.6 is 11.3 Å². The molecule has 0 saturated heterocycles. The highest BCUT2D eigenvalue weighted by Gasteiger charge is 2.18. The molecule has 0 spiro atoms. The molecule has 0 aliphatic carbocycles. The van der Waals surface area contributed by atoms with Gasteiger partial charge in [0.05, 0.1) is 15.6 Å². The van der Waals surface area contributed by atoms with Gasteiger partial charge in [0.2, 0.25) is 10.0 Å². The lowest BCUT2D eigenvalue weighted by Crippen LogP contribution is -2.24. The highest BCUT2D eigenvalue weighted by molar-refractivity contribution is 7.89. The molecule has 1 heterocycles. The monoisotopic (exact) mass is 372 g/mol. The molecule has 3 rings (SSSR count). The molecule has 4 nitrogen and oxygen atoms in total. The van der Waals surface area contributed by atoms with E-state index in [4.69, 9.17) is 0 Å². The fraction of sp³-hybridized carbons (Fsp3) is 0.211. The maximum Gasteiger partial charge on any atom is 0.241 e. The molecule has 0 saturated carbocycles. The summed E-state index contributed by atoms with van der Waals surface area (Å²) in [6.07, 6.45) is 0. The maximum atomic E-state index is 12.8. The Balaban J connectivity index is 1.90. The van der Waals surface area contributed by atoms with E-state index in [2.05, 4.69) is 9.71 Å². The number of nitrogens with one attached hydrogen (secondary N) is 1. The van der Waals surface area contributed by atoms with Gasteiger partial charge in [0.25, 0.3) is 0 Å². The third-order valence-electron chi connectivity index (χ3n) is 4.11. The molecular weight excluding hydrogens is 352 g/mol. The molecule has 0 aliphatic heterocycles. The van der Waals surface area contributed by atoms with E-state index in [0.717, 1.165) is 27.4 Å². The van der Waals surface area contributed by atoms with E-state index in [-0.39, 0.29) is 6.54 Å². The van der Waals surface area contributed by atoms with Gasteiger partial charge >= 0.3 is 0 Å². The molecule has 1 aromatic heterocycles. The molecule has 2 aromatic carbocycles. The smallest absolute Gasteiger partial charge is 0.241 e. The largest absolute Gasteiger partial charge is 0.242 e. The van der Waals surface area contributed by atoms with Crippen LogP contribution in [-0.2, 0) is 16.6 Å². The topological polar surface area (TPSA) is 59.1 Å². The fourth-order valence-corrected chi connectivity index (χ4v) is 4.50. The predicted octanol–water partition coefficient (Wildman–Crippen LogP) is 4.21. The number of sulfonamides is 1. The van der Waals surface area contributed by atoms with Crippen molar-refractivity contribution in [2.24, 2.45) is 0 Å². The van der Waals surface area contributed by atoms with Crippen LogP contribution in [0.3, 0.4) is 0 Å². The van der Waals surface area contributed by atoms with E-state index in [1.807, 2.05) is 55.6 Å². The van der Waals surface area contributed by atoms with Gasteiger partial charge in [0, 0.05) is 17.5 Å². The summed E-state index contributed by atoms with van der Waals surface area (Å²) in [5, 5.41) is 2.90. The molecule has 25 heavy (non-hydrogen) atoms. The van der Waals surface area contributed by atoms with Gasteiger partial charge in [-0.25, -0.2) is 18.1 Å². The van der Waals surface area contributed by atoms with Crippen molar-refractivity contribution in [1.82, 2.24) is 9.71 Å². The van der Waals surface area contributed by atoms with E-state index in [1.54, 1.807) is 24.3 Å². The van der Waals surface area contributed by atoms with Crippen molar-refractivity contribution < 1.29 is 8.42 Å². The number of hydrogen-bond donors (Lipinski definition) is 1. The van der Waals surface area contributed by atoms with Crippen molar-refractivity contribution in [3.8, 4) is 11.3 Å². The number of hydrogen-bond acceptors (Lipinski definition) is 4. The number of rotatable bonds is 5. The highest BCUT2D eigenvalue weighted by atomic mass is 32.2. The summed E-state index contributed by atoms with van der Waals surface area (Å²) in [4.78, 5) is 4.74. The number of aromatic nitrogens is 1. The van der Waals surface area contributed by atoms with Gasteiger partial charge in [-0.05, 0) is 43.5 Å². The van der Waals surface area contributed by atoms with Crippen LogP contribution in [-0.4, -0.2) is 13.4 Å². The third-order valence-corrected chi connectivity index (χ3v) is 6.42. The summed E-state index contributed by atoms with van der Waals surface area (Å²) < 4.78 is 28.3. The number of thiazole rings is 1. The maximum absolute atomic E-state index is 12.8. The second-order valence-electron chi connectivity index (χ2n) is 5.98. The van der Waals surface area contributed by atoms with Crippen LogP contribution in [0.5, 0.6) is 0 Å². The Morgan fingerprint density at radius 1 is 1.04 bits per heavy atom. The molecule has 0 radical (unpaired) electrons. The van der Waals surface area contributed by atoms with Crippen LogP contribution < -0.4 is 4.72 Å². The van der Waals surface area contributed by atoms with E-state index in [1.165, 1.54) is 0 Å². The van der Waals surface area contributed by atoms with Crippen LogP contribution in [0.1, 0.15) is 21.7 Å². The van der Waals surface area contributed by atoms with Crippen LogP contribution in [0.4, 0.5) is 0 Å². The van der Waals surface area contributed by atoms with Crippen molar-refractivity contribution in [1.29, 1.82) is 0 Å². The molecule has 6 heteroatoms. The van der Waals surface area contributed by atoms with Gasteiger partial charge in [0.15, 0.2) is 0 Å². The normalized spacial score (nSPS) is 11.6. The standard InChI is InChI=1S/C19H20N2O2S2/c1-13-6-4-5-7-17(13)11-20-25(22,23)19-10-16(9-8-14(19)2)18-12-24-15(3)21-18/h4-10,12,20H,11H2,1-3H3. The molecule has 0 unspecified atom stereocenters. The predicted molar refractivity (Wildman–Crippen MR) is 102 cm³/mol. The first-order valence-electron chi connectivity index (χ1n) is 7.94. The van der Waals surface area contributed by atoms with Gasteiger partial charge in [-0.1, -0.05) is 36.4 Å². The highest BCUT2D eigenvalue weighted by Crippen LogP contribution is 2.26. The summed E-state index contributed by atoms with van der Waals surface area (Å²) in [7, 11) is -3.60. The zero-order valence-corrected chi connectivity index (χ0v) is 16.0. The Morgan fingerprint density at radius 2 is 1.80 bits per heavy atom. The molecule has 130 valence electrons. The minimum Gasteiger partial charge on any atom is -0.242 e. The van der Waals surface area contributed by atoms with Gasteiger partial charge in [-0.3, -0.25) is 0 Å². The first-order valence-corrected chi connectivity index (χ1v) is 10.3. The van der Waals surface area contributed by atoms with E-state index < -0.39 is 10.0 Å². The van der Waals surface area contributed by atoms with Gasteiger partial charge < -0.3 is 0 Å². The summed E-state index contributed by atoms with van der Waals surface area (Å²) in [5.74, 6) is 0. The average molecular weight is 373 g/mol. The van der Waals surface area contributed by atoms with Gasteiger partial charge in [0.1, 0.15) is 0 Å². The molecule has 0 bridgehead atoms. The Kier molecular flexibility index (Phi) is 5.03. The average Bonchev–Trinajstić information content (AvgIpc) is 3.01. The Morgan fingerprint density at radius 3 is 2.48 bits per heavy atom. The lowest BCUT2D eigenvalue weighted by atomic mass is 10.1. The quantitative estimate of drug-likeness (QED) is 0.730. The minimum atomic E-state index is -3.60. The summed E-state index contributed by atoms with van der Waals surface area (Å²) in [6.45, 7) is 5.98. The van der Waals surface area contributed by atoms with Crippen molar-refractivity contribution in [2.75, 3.05) is 0 Å². The van der Waals surface area contributed by atoms with Crippen LogP contribution in [0.15, 0.2) is 52.7 Å². The minimum absolute atomic E-state index is 0.272. The SMILES string of the molecule is Cc1nc(-c2ccc(C)c(S(=O)(=O)NCc3ccccc3C)c2)cs1. The summed E-state index contributed by atoms with van der Waals surface area (Å²) in [6, 6.07) is 13.2. The molecule has 1 N–H and O–H groups in total. The number of nitrogens with zero attached hydrogens (tertiary/aromatic N) is 1. The molecule has 3 aromatic rings. The van der Waals surface area contributed by atoms with Crippen molar-refractivity contribution in [3.63, 3.8) is 0 Å². The van der Waals surface area contributed by atoms with Crippen LogP contribution in [0, 0.1) is 20.8 Å². The Labute approximate surface area is 152 Å². The van der Waals surface area contributed by atoms with Crippen molar-refractivity contribution in [2.45, 2.75) is 32.2 Å². The summed E-state index contributed by atoms with van der Waals surface area (Å²) >= 11 is 1.55. The fourth-order valence-electron chi connectivity index (χ4n) is 2.60. The van der Waals surface area contributed by atoms with Gasteiger partial charge in [-0.15, -0.1) is 11.3 Å². The first kappa shape index (κ1) is 17.8. The number of benzene rings is 2. The third kappa shape index (κ3) is 3.98. The number of aryl methyl sites for hydroxylation is 3. The molecular formula is C19H20N2O2S2. The van der Waals surface area contributed by atoms with E-state index in [9.17, 15) is 8.42 Å². The molecule has 0 atom stereocenters. The molecule has 0 aliphatic rings. The van der Waals surface area contributed by atoms with E-state index in [0.29, 0.717) is 10.5 Å². The lowest BCUT2D eigenvalue weighted by Gasteiger charge is -2.12. The van der Waals surface area contributed by atoms with Crippen LogP contribution in [0.25, 0.3) is 11.3 Å². The lowest BCUT2D eigenvalue weighted by molar-refractivity contribution is 0.580. The molecule has 0 amide bonds. The molecule has 0 fully saturated rings. The second-order valence-corrected chi connectivity index (χ2v) is 8.78. The zero-order valence-electron chi connectivity index (χ0n) is 14.4. The Hall–Kier alpha value is -2.02. The first-order chi connectivity index (χ1) is 11.9. The van der Waals surface area contributed by atoms with E-state index >= 15 is 0 Å². The van der Waals surface area contributed by atoms with Gasteiger partial charge in [-0.2, -0.15) is 0 Å². The second kappa shape index (κ2) is 7.07. The van der Waals surface area contributed by atoms with Crippen LogP contribution in [0.2, 0.25) is 0 Å². The van der Waals surface area contributed by atoms with Crippen molar-refractivity contribution in [3.05, 3.63) is 69.5 Å². The summed E-state index contributed by atoms with van der Waals surface area (Å²) in [5.41, 5.74) is 4.36.